The minimum atomic E-state index is -0.205. The number of rotatable bonds is 7. The van der Waals surface area contributed by atoms with Crippen LogP contribution in [-0.2, 0) is 5.75 Å². The van der Waals surface area contributed by atoms with Gasteiger partial charge in [0.05, 0.1) is 23.3 Å². The molecule has 0 spiro atoms. The number of aromatic nitrogens is 4. The Morgan fingerprint density at radius 2 is 1.88 bits per heavy atom. The van der Waals surface area contributed by atoms with Crippen molar-refractivity contribution in [3.05, 3.63) is 75.1 Å². The first-order valence-electron chi connectivity index (χ1n) is 10.1. The van der Waals surface area contributed by atoms with Gasteiger partial charge in [-0.15, -0.1) is 21.5 Å². The average Bonchev–Trinajstić information content (AvgIpc) is 3.46. The molecule has 0 saturated heterocycles. The molecule has 0 unspecified atom stereocenters. The van der Waals surface area contributed by atoms with Crippen molar-refractivity contribution in [2.75, 3.05) is 6.61 Å². The van der Waals surface area contributed by atoms with Crippen molar-refractivity contribution in [3.63, 3.8) is 0 Å². The Hall–Kier alpha value is -3.14. The fraction of sp³-hybridized carbons (Fsp3) is 0.130. The normalized spacial score (nSPS) is 11.2. The van der Waals surface area contributed by atoms with Crippen molar-refractivity contribution in [3.8, 4) is 28.3 Å². The van der Waals surface area contributed by atoms with E-state index in [0.29, 0.717) is 50.3 Å². The molecule has 3 heterocycles. The van der Waals surface area contributed by atoms with E-state index in [-0.39, 0.29) is 5.56 Å². The van der Waals surface area contributed by atoms with Gasteiger partial charge in [0, 0.05) is 21.5 Å². The van der Waals surface area contributed by atoms with Gasteiger partial charge in [-0.2, -0.15) is 0 Å². The van der Waals surface area contributed by atoms with Gasteiger partial charge in [0.2, 0.25) is 0 Å². The molecule has 7 nitrogen and oxygen atoms in total. The highest BCUT2D eigenvalue weighted by atomic mass is 35.5. The van der Waals surface area contributed by atoms with Crippen LogP contribution in [0.4, 0.5) is 0 Å². The number of benzene rings is 2. The van der Waals surface area contributed by atoms with E-state index in [1.165, 1.54) is 23.1 Å². The first kappa shape index (κ1) is 21.7. The van der Waals surface area contributed by atoms with Crippen LogP contribution in [0.5, 0.6) is 5.75 Å². The number of nitrogens with zero attached hydrogens (tertiary/aromatic N) is 3. The molecule has 166 valence electrons. The number of hydrogen-bond acceptors (Lipinski definition) is 8. The van der Waals surface area contributed by atoms with E-state index in [2.05, 4.69) is 20.2 Å². The largest absolute Gasteiger partial charge is 0.493 e. The zero-order valence-corrected chi connectivity index (χ0v) is 19.8. The first-order chi connectivity index (χ1) is 16.1. The number of hydrogen-bond donors (Lipinski definition) is 1. The maximum Gasteiger partial charge on any atom is 0.277 e. The molecule has 2 aromatic carbocycles. The SMILES string of the molecule is CCOc1ccccc1-c1nnc(SCc2nc3scc(-c4ccccc4Cl)c3c(=O)[nH]2)o1. The second-order valence-corrected chi connectivity index (χ2v) is 9.10. The van der Waals surface area contributed by atoms with E-state index in [9.17, 15) is 4.79 Å². The van der Waals surface area contributed by atoms with Crippen LogP contribution >= 0.6 is 34.7 Å². The molecule has 0 fully saturated rings. The van der Waals surface area contributed by atoms with Crippen LogP contribution in [0, 0.1) is 0 Å². The highest BCUT2D eigenvalue weighted by Gasteiger charge is 2.17. The van der Waals surface area contributed by atoms with Crippen LogP contribution in [0.25, 0.3) is 32.8 Å². The van der Waals surface area contributed by atoms with Crippen LogP contribution in [0.1, 0.15) is 12.7 Å². The van der Waals surface area contributed by atoms with E-state index in [4.69, 9.17) is 20.8 Å². The number of ether oxygens (including phenoxy) is 1. The molecule has 0 saturated carbocycles. The molecule has 0 aliphatic carbocycles. The molecular formula is C23H17ClN4O3S2. The quantitative estimate of drug-likeness (QED) is 0.274. The number of halogens is 1. The number of H-pyrrole nitrogens is 1. The number of para-hydroxylation sites is 1. The van der Waals surface area contributed by atoms with E-state index < -0.39 is 0 Å². The summed E-state index contributed by atoms with van der Waals surface area (Å²) in [6.07, 6.45) is 0. The van der Waals surface area contributed by atoms with Crippen molar-refractivity contribution in [1.29, 1.82) is 0 Å². The average molecular weight is 497 g/mol. The third kappa shape index (κ3) is 4.39. The van der Waals surface area contributed by atoms with Crippen molar-refractivity contribution >= 4 is 44.9 Å². The predicted octanol–water partition coefficient (Wildman–Crippen LogP) is 6.05. The summed E-state index contributed by atoms with van der Waals surface area (Å²) in [6.45, 7) is 2.46. The molecule has 0 amide bonds. The fourth-order valence-corrected chi connectivity index (χ4v) is 5.20. The first-order valence-corrected chi connectivity index (χ1v) is 12.3. The Balaban J connectivity index is 1.37. The maximum atomic E-state index is 12.9. The predicted molar refractivity (Wildman–Crippen MR) is 131 cm³/mol. The van der Waals surface area contributed by atoms with Crippen molar-refractivity contribution in [2.24, 2.45) is 0 Å². The molecule has 0 atom stereocenters. The summed E-state index contributed by atoms with van der Waals surface area (Å²) in [5.41, 5.74) is 2.12. The number of aromatic amines is 1. The minimum absolute atomic E-state index is 0.205. The zero-order chi connectivity index (χ0) is 22.8. The lowest BCUT2D eigenvalue weighted by Gasteiger charge is -2.06. The summed E-state index contributed by atoms with van der Waals surface area (Å²) in [5.74, 6) is 1.96. The lowest BCUT2D eigenvalue weighted by molar-refractivity contribution is 0.340. The van der Waals surface area contributed by atoms with Crippen LogP contribution in [0.2, 0.25) is 5.02 Å². The monoisotopic (exact) mass is 496 g/mol. The van der Waals surface area contributed by atoms with Crippen molar-refractivity contribution in [2.45, 2.75) is 17.9 Å². The summed E-state index contributed by atoms with van der Waals surface area (Å²) in [7, 11) is 0. The van der Waals surface area contributed by atoms with E-state index >= 15 is 0 Å². The molecule has 0 aliphatic heterocycles. The Morgan fingerprint density at radius 1 is 1.09 bits per heavy atom. The number of thiophene rings is 1. The third-order valence-electron chi connectivity index (χ3n) is 4.81. The Kier molecular flexibility index (Phi) is 6.17. The van der Waals surface area contributed by atoms with Gasteiger partial charge in [-0.3, -0.25) is 4.79 Å². The van der Waals surface area contributed by atoms with Gasteiger partial charge in [0.15, 0.2) is 0 Å². The van der Waals surface area contributed by atoms with Gasteiger partial charge in [-0.25, -0.2) is 4.98 Å². The number of fused-ring (bicyclic) bond motifs is 1. The molecular weight excluding hydrogens is 480 g/mol. The van der Waals surface area contributed by atoms with Gasteiger partial charge in [0.1, 0.15) is 16.4 Å². The molecule has 0 aliphatic rings. The smallest absolute Gasteiger partial charge is 0.277 e. The highest BCUT2D eigenvalue weighted by Crippen LogP contribution is 2.35. The van der Waals surface area contributed by atoms with Crippen LogP contribution in [0.3, 0.4) is 0 Å². The highest BCUT2D eigenvalue weighted by molar-refractivity contribution is 7.98. The fourth-order valence-electron chi connectivity index (χ4n) is 3.37. The van der Waals surface area contributed by atoms with E-state index in [1.54, 1.807) is 6.07 Å². The van der Waals surface area contributed by atoms with Gasteiger partial charge >= 0.3 is 0 Å². The Bertz CT molecular complexity index is 1490. The number of thioether (sulfide) groups is 1. The Labute approximate surface area is 201 Å². The summed E-state index contributed by atoms with van der Waals surface area (Å²) in [6, 6.07) is 14.9. The molecule has 1 N–H and O–H groups in total. The molecule has 5 aromatic rings. The van der Waals surface area contributed by atoms with Crippen molar-refractivity contribution in [1.82, 2.24) is 20.2 Å². The van der Waals surface area contributed by atoms with E-state index in [1.807, 2.05) is 54.8 Å². The lowest BCUT2D eigenvalue weighted by atomic mass is 10.1. The Morgan fingerprint density at radius 3 is 2.70 bits per heavy atom. The van der Waals surface area contributed by atoms with Gasteiger partial charge in [-0.05, 0) is 25.1 Å². The molecule has 33 heavy (non-hydrogen) atoms. The summed E-state index contributed by atoms with van der Waals surface area (Å²) < 4.78 is 11.4. The summed E-state index contributed by atoms with van der Waals surface area (Å²) in [4.78, 5) is 21.0. The van der Waals surface area contributed by atoms with Gasteiger partial charge in [0.25, 0.3) is 16.7 Å². The number of nitrogens with one attached hydrogen (secondary N) is 1. The van der Waals surface area contributed by atoms with Crippen LogP contribution in [-0.4, -0.2) is 26.8 Å². The molecule has 0 bridgehead atoms. The molecule has 10 heteroatoms. The van der Waals surface area contributed by atoms with Crippen LogP contribution in [0.15, 0.2) is 68.3 Å². The maximum absolute atomic E-state index is 12.9. The lowest BCUT2D eigenvalue weighted by Crippen LogP contribution is -2.10. The standard InChI is InChI=1S/C23H17ClN4O3S2/c1-2-30-17-10-6-4-8-14(17)21-27-28-23(31-21)33-12-18-25-20(29)19-15(11-32-22(19)26-18)13-7-3-5-9-16(13)24/h3-11H,2,12H2,1H3,(H,25,26,29). The molecule has 5 rings (SSSR count). The second-order valence-electron chi connectivity index (χ2n) is 6.91. The van der Waals surface area contributed by atoms with Gasteiger partial charge < -0.3 is 14.1 Å². The van der Waals surface area contributed by atoms with Crippen LogP contribution < -0.4 is 10.3 Å². The topological polar surface area (TPSA) is 93.9 Å². The summed E-state index contributed by atoms with van der Waals surface area (Å²) in [5, 5.41) is 11.7. The molecule has 3 aromatic heterocycles. The second kappa shape index (κ2) is 9.38. The minimum Gasteiger partial charge on any atom is -0.493 e. The third-order valence-corrected chi connectivity index (χ3v) is 6.84. The summed E-state index contributed by atoms with van der Waals surface area (Å²) >= 11 is 9.04. The molecule has 0 radical (unpaired) electrons. The van der Waals surface area contributed by atoms with Crippen molar-refractivity contribution < 1.29 is 9.15 Å². The van der Waals surface area contributed by atoms with E-state index in [0.717, 1.165) is 16.7 Å². The zero-order valence-electron chi connectivity index (χ0n) is 17.4. The van der Waals surface area contributed by atoms with Gasteiger partial charge in [-0.1, -0.05) is 53.7 Å².